The minimum absolute atomic E-state index is 0.157. The Bertz CT molecular complexity index is 671. The van der Waals surface area contributed by atoms with Crippen LogP contribution in [0.1, 0.15) is 21.5 Å². The van der Waals surface area contributed by atoms with Crippen molar-refractivity contribution >= 4 is 11.9 Å². The fourth-order valence-electron chi connectivity index (χ4n) is 2.79. The van der Waals surface area contributed by atoms with Gasteiger partial charge in [0.15, 0.2) is 5.78 Å². The second kappa shape index (κ2) is 8.57. The fraction of sp³-hybridized carbons (Fsp3) is 0.286. The van der Waals surface area contributed by atoms with Gasteiger partial charge in [-0.2, -0.15) is 0 Å². The third-order valence-corrected chi connectivity index (χ3v) is 4.22. The van der Waals surface area contributed by atoms with Gasteiger partial charge in [0.25, 0.3) is 0 Å². The number of carbonyl (C=O) groups excluding carboxylic acids is 1. The molecule has 0 N–H and O–H groups in total. The van der Waals surface area contributed by atoms with Crippen molar-refractivity contribution < 1.29 is 9.53 Å². The van der Waals surface area contributed by atoms with Gasteiger partial charge in [0.1, 0.15) is 0 Å². The predicted molar refractivity (Wildman–Crippen MR) is 97.2 cm³/mol. The zero-order chi connectivity index (χ0) is 16.6. The first-order valence-electron chi connectivity index (χ1n) is 8.45. The maximum Gasteiger partial charge on any atom is 0.167 e. The Morgan fingerprint density at radius 2 is 1.71 bits per heavy atom. The Morgan fingerprint density at radius 3 is 2.42 bits per heavy atom. The van der Waals surface area contributed by atoms with E-state index in [1.807, 2.05) is 54.6 Å². The average Bonchev–Trinajstić information content (AvgIpc) is 2.64. The molecule has 1 saturated heterocycles. The lowest BCUT2D eigenvalue weighted by molar-refractivity contribution is 0.0435. The highest BCUT2D eigenvalue weighted by Crippen LogP contribution is 2.11. The summed E-state index contributed by atoms with van der Waals surface area (Å²) in [5.74, 6) is 0.157. The van der Waals surface area contributed by atoms with Gasteiger partial charge in [-0.05, 0) is 11.1 Å². The number of ether oxygens (including phenoxy) is 1. The molecule has 0 unspecified atom stereocenters. The molecule has 0 bridgehead atoms. The van der Waals surface area contributed by atoms with Crippen LogP contribution < -0.4 is 0 Å². The van der Waals surface area contributed by atoms with Crippen molar-refractivity contribution in [1.82, 2.24) is 4.90 Å². The van der Waals surface area contributed by atoms with Gasteiger partial charge in [-0.1, -0.05) is 66.7 Å². The molecule has 24 heavy (non-hydrogen) atoms. The lowest BCUT2D eigenvalue weighted by Crippen LogP contribution is -2.36. The molecule has 0 aliphatic carbocycles. The summed E-state index contributed by atoms with van der Waals surface area (Å²) in [5, 5.41) is 0. The lowest BCUT2D eigenvalue weighted by atomic mass is 10.0. The Kier molecular flexibility index (Phi) is 5.94. The Labute approximate surface area is 143 Å². The van der Waals surface area contributed by atoms with Crippen LogP contribution in [0.5, 0.6) is 0 Å². The Hall–Kier alpha value is -2.23. The summed E-state index contributed by atoms with van der Waals surface area (Å²) in [6.45, 7) is 4.59. The summed E-state index contributed by atoms with van der Waals surface area (Å²) in [6.07, 6.45) is 4.74. The zero-order valence-electron chi connectivity index (χ0n) is 13.9. The van der Waals surface area contributed by atoms with Gasteiger partial charge in [0, 0.05) is 31.6 Å². The summed E-state index contributed by atoms with van der Waals surface area (Å²) < 4.78 is 5.34. The summed E-state index contributed by atoms with van der Waals surface area (Å²) in [6, 6.07) is 17.7. The summed E-state index contributed by atoms with van der Waals surface area (Å²) in [5.41, 5.74) is 2.95. The van der Waals surface area contributed by atoms with E-state index in [0.29, 0.717) is 6.42 Å². The molecule has 0 atom stereocenters. The van der Waals surface area contributed by atoms with Crippen LogP contribution in [0.25, 0.3) is 6.08 Å². The molecule has 1 fully saturated rings. The number of Topliss-reactive ketones (excluding diaryl/α,β-unsaturated/α-hetero) is 1. The first kappa shape index (κ1) is 16.6. The molecule has 2 aromatic carbocycles. The number of benzene rings is 2. The largest absolute Gasteiger partial charge is 0.379 e. The van der Waals surface area contributed by atoms with Crippen LogP contribution in [0.15, 0.2) is 60.7 Å². The van der Waals surface area contributed by atoms with E-state index in [-0.39, 0.29) is 5.78 Å². The topological polar surface area (TPSA) is 29.5 Å². The van der Waals surface area contributed by atoms with Crippen molar-refractivity contribution in [2.75, 3.05) is 32.8 Å². The van der Waals surface area contributed by atoms with Gasteiger partial charge in [0.05, 0.1) is 13.2 Å². The summed E-state index contributed by atoms with van der Waals surface area (Å²) >= 11 is 0. The van der Waals surface area contributed by atoms with Crippen LogP contribution in [-0.4, -0.2) is 43.5 Å². The third-order valence-electron chi connectivity index (χ3n) is 4.22. The van der Waals surface area contributed by atoms with E-state index in [1.54, 1.807) is 0 Å². The maximum absolute atomic E-state index is 12.3. The van der Waals surface area contributed by atoms with E-state index in [1.165, 1.54) is 0 Å². The van der Waals surface area contributed by atoms with Crippen molar-refractivity contribution in [3.8, 4) is 0 Å². The number of carbonyl (C=O) groups is 1. The van der Waals surface area contributed by atoms with E-state index >= 15 is 0 Å². The van der Waals surface area contributed by atoms with Gasteiger partial charge in [-0.15, -0.1) is 0 Å². The maximum atomic E-state index is 12.3. The number of ketones is 1. The van der Waals surface area contributed by atoms with Crippen LogP contribution >= 0.6 is 0 Å². The highest BCUT2D eigenvalue weighted by atomic mass is 16.5. The minimum atomic E-state index is 0.157. The summed E-state index contributed by atoms with van der Waals surface area (Å²) in [4.78, 5) is 14.7. The molecule has 1 aliphatic heterocycles. The Morgan fingerprint density at radius 1 is 1.00 bits per heavy atom. The lowest BCUT2D eigenvalue weighted by Gasteiger charge is -2.25. The van der Waals surface area contributed by atoms with Gasteiger partial charge >= 0.3 is 0 Å². The normalized spacial score (nSPS) is 15.7. The molecule has 0 radical (unpaired) electrons. The zero-order valence-corrected chi connectivity index (χ0v) is 13.9. The quantitative estimate of drug-likeness (QED) is 0.763. The first-order valence-corrected chi connectivity index (χ1v) is 8.45. The standard InChI is InChI=1S/C21H23NO2/c23-21(17-19-5-2-1-3-6-19)20-10-8-18(9-11-20)7-4-12-22-13-15-24-16-14-22/h1-11H,12-17H2/b7-4+. The van der Waals surface area contributed by atoms with Crippen molar-refractivity contribution in [3.05, 3.63) is 77.4 Å². The molecule has 2 aromatic rings. The van der Waals surface area contributed by atoms with Crippen LogP contribution in [-0.2, 0) is 11.2 Å². The number of hydrogen-bond acceptors (Lipinski definition) is 3. The van der Waals surface area contributed by atoms with E-state index < -0.39 is 0 Å². The van der Waals surface area contributed by atoms with Crippen LogP contribution in [0.4, 0.5) is 0 Å². The fourth-order valence-corrected chi connectivity index (χ4v) is 2.79. The minimum Gasteiger partial charge on any atom is -0.379 e. The molecule has 0 amide bonds. The van der Waals surface area contributed by atoms with E-state index in [2.05, 4.69) is 17.1 Å². The second-order valence-electron chi connectivity index (χ2n) is 6.02. The number of hydrogen-bond donors (Lipinski definition) is 0. The van der Waals surface area contributed by atoms with E-state index in [9.17, 15) is 4.79 Å². The SMILES string of the molecule is O=C(Cc1ccccc1)c1ccc(/C=C/CN2CCOCC2)cc1. The van der Waals surface area contributed by atoms with Crippen LogP contribution in [0.2, 0.25) is 0 Å². The monoisotopic (exact) mass is 321 g/mol. The second-order valence-corrected chi connectivity index (χ2v) is 6.02. The molecular weight excluding hydrogens is 298 g/mol. The van der Waals surface area contributed by atoms with Gasteiger partial charge < -0.3 is 4.74 Å². The van der Waals surface area contributed by atoms with Crippen molar-refractivity contribution in [2.24, 2.45) is 0 Å². The molecule has 3 rings (SSSR count). The van der Waals surface area contributed by atoms with Crippen molar-refractivity contribution in [1.29, 1.82) is 0 Å². The number of rotatable bonds is 6. The smallest absolute Gasteiger partial charge is 0.167 e. The molecule has 1 aliphatic rings. The van der Waals surface area contributed by atoms with Gasteiger partial charge in [-0.25, -0.2) is 0 Å². The van der Waals surface area contributed by atoms with Gasteiger partial charge in [0.2, 0.25) is 0 Å². The van der Waals surface area contributed by atoms with Crippen LogP contribution in [0.3, 0.4) is 0 Å². The highest BCUT2D eigenvalue weighted by Gasteiger charge is 2.08. The van der Waals surface area contributed by atoms with E-state index in [0.717, 1.165) is 49.5 Å². The molecule has 0 aromatic heterocycles. The number of morpholine rings is 1. The molecule has 3 nitrogen and oxygen atoms in total. The Balaban J connectivity index is 1.53. The van der Waals surface area contributed by atoms with Crippen molar-refractivity contribution in [3.63, 3.8) is 0 Å². The van der Waals surface area contributed by atoms with E-state index in [4.69, 9.17) is 4.74 Å². The average molecular weight is 321 g/mol. The van der Waals surface area contributed by atoms with Crippen molar-refractivity contribution in [2.45, 2.75) is 6.42 Å². The first-order chi connectivity index (χ1) is 11.8. The molecular formula is C21H23NO2. The highest BCUT2D eigenvalue weighted by molar-refractivity contribution is 5.97. The number of nitrogens with zero attached hydrogens (tertiary/aromatic N) is 1. The van der Waals surface area contributed by atoms with Crippen LogP contribution in [0, 0.1) is 0 Å². The molecule has 0 saturated carbocycles. The summed E-state index contributed by atoms with van der Waals surface area (Å²) in [7, 11) is 0. The molecule has 0 spiro atoms. The molecule has 3 heteroatoms. The third kappa shape index (κ3) is 4.88. The molecule has 1 heterocycles. The predicted octanol–water partition coefficient (Wildman–Crippen LogP) is 3.46. The molecule has 124 valence electrons. The van der Waals surface area contributed by atoms with Gasteiger partial charge in [-0.3, -0.25) is 9.69 Å².